The number of pyridine rings is 1. The first-order valence-corrected chi connectivity index (χ1v) is 5.15. The van der Waals surface area contributed by atoms with Crippen LogP contribution in [0, 0.1) is 0 Å². The van der Waals surface area contributed by atoms with Gasteiger partial charge in [-0.3, -0.25) is 0 Å². The molecule has 3 nitrogen and oxygen atoms in total. The first-order valence-electron chi connectivity index (χ1n) is 4.78. The van der Waals surface area contributed by atoms with Crippen molar-refractivity contribution in [1.82, 2.24) is 4.98 Å². The van der Waals surface area contributed by atoms with Crippen molar-refractivity contribution >= 4 is 17.3 Å². The number of hydrogen-bond acceptors (Lipinski definition) is 3. The van der Waals surface area contributed by atoms with Crippen LogP contribution in [0.15, 0.2) is 12.3 Å². The molecule has 1 aromatic rings. The van der Waals surface area contributed by atoms with Crippen molar-refractivity contribution in [3.05, 3.63) is 17.3 Å². The zero-order chi connectivity index (χ0) is 10.4. The second kappa shape index (κ2) is 5.70. The Balaban J connectivity index is 2.42. The molecule has 2 N–H and O–H groups in total. The summed E-state index contributed by atoms with van der Waals surface area (Å²) in [6, 6.07) is 1.64. The van der Waals surface area contributed by atoms with Gasteiger partial charge >= 0.3 is 0 Å². The summed E-state index contributed by atoms with van der Waals surface area (Å²) in [7, 11) is 0. The Morgan fingerprint density at radius 2 is 2.29 bits per heavy atom. The fourth-order valence-corrected chi connectivity index (χ4v) is 1.25. The molecule has 1 heterocycles. The zero-order valence-corrected chi connectivity index (χ0v) is 9.05. The van der Waals surface area contributed by atoms with E-state index in [0.29, 0.717) is 23.2 Å². The number of unbranched alkanes of at least 4 members (excludes halogenated alkanes) is 2. The van der Waals surface area contributed by atoms with E-state index in [9.17, 15) is 0 Å². The van der Waals surface area contributed by atoms with Gasteiger partial charge in [0, 0.05) is 6.20 Å². The minimum Gasteiger partial charge on any atom is -0.476 e. The smallest absolute Gasteiger partial charge is 0.237 e. The van der Waals surface area contributed by atoms with E-state index in [1.54, 1.807) is 6.07 Å². The molecule has 0 fully saturated rings. The zero-order valence-electron chi connectivity index (χ0n) is 8.29. The second-order valence-electron chi connectivity index (χ2n) is 3.10. The van der Waals surface area contributed by atoms with Crippen LogP contribution in [0.5, 0.6) is 5.88 Å². The van der Waals surface area contributed by atoms with Crippen molar-refractivity contribution in [3.63, 3.8) is 0 Å². The molecular formula is C10H15ClN2O. The fraction of sp³-hybridized carbons (Fsp3) is 0.500. The van der Waals surface area contributed by atoms with E-state index < -0.39 is 0 Å². The molecular weight excluding hydrogens is 200 g/mol. The third kappa shape index (κ3) is 3.42. The van der Waals surface area contributed by atoms with Gasteiger partial charge in [0.1, 0.15) is 0 Å². The lowest BCUT2D eigenvalue weighted by molar-refractivity contribution is 0.296. The lowest BCUT2D eigenvalue weighted by Crippen LogP contribution is -2.02. The van der Waals surface area contributed by atoms with Crippen molar-refractivity contribution in [2.45, 2.75) is 26.2 Å². The predicted octanol–water partition coefficient (Wildman–Crippen LogP) is 2.89. The summed E-state index contributed by atoms with van der Waals surface area (Å²) >= 11 is 5.70. The van der Waals surface area contributed by atoms with Crippen molar-refractivity contribution in [2.75, 3.05) is 12.3 Å². The summed E-state index contributed by atoms with van der Waals surface area (Å²) in [6.45, 7) is 2.81. The number of nitrogens with two attached hydrogens (primary N) is 1. The number of anilines is 1. The van der Waals surface area contributed by atoms with Gasteiger partial charge in [0.2, 0.25) is 5.88 Å². The highest BCUT2D eigenvalue weighted by atomic mass is 35.5. The topological polar surface area (TPSA) is 48.1 Å². The molecule has 0 bridgehead atoms. The normalized spacial score (nSPS) is 10.1. The Hall–Kier alpha value is -0.960. The van der Waals surface area contributed by atoms with E-state index in [-0.39, 0.29) is 0 Å². The number of aromatic nitrogens is 1. The number of nitrogen functional groups attached to an aromatic ring is 1. The summed E-state index contributed by atoms with van der Waals surface area (Å²) < 4.78 is 5.40. The molecule has 14 heavy (non-hydrogen) atoms. The highest BCUT2D eigenvalue weighted by Crippen LogP contribution is 2.21. The van der Waals surface area contributed by atoms with E-state index in [0.717, 1.165) is 12.8 Å². The van der Waals surface area contributed by atoms with Crippen LogP contribution in [-0.4, -0.2) is 11.6 Å². The van der Waals surface area contributed by atoms with E-state index in [2.05, 4.69) is 11.9 Å². The van der Waals surface area contributed by atoms with Crippen LogP contribution in [0.3, 0.4) is 0 Å². The van der Waals surface area contributed by atoms with Gasteiger partial charge in [0.25, 0.3) is 0 Å². The van der Waals surface area contributed by atoms with Crippen LogP contribution in [-0.2, 0) is 0 Å². The molecule has 78 valence electrons. The van der Waals surface area contributed by atoms with Crippen molar-refractivity contribution in [2.24, 2.45) is 0 Å². The Bertz CT molecular complexity index is 291. The number of ether oxygens (including phenoxy) is 1. The molecule has 4 heteroatoms. The first-order chi connectivity index (χ1) is 6.74. The monoisotopic (exact) mass is 214 g/mol. The molecule has 0 amide bonds. The number of nitrogens with zero attached hydrogens (tertiary/aromatic N) is 1. The molecule has 0 aromatic carbocycles. The maximum atomic E-state index is 5.70. The molecule has 1 aromatic heterocycles. The van der Waals surface area contributed by atoms with Crippen LogP contribution >= 0.6 is 11.6 Å². The van der Waals surface area contributed by atoms with Crippen molar-refractivity contribution < 1.29 is 4.74 Å². The van der Waals surface area contributed by atoms with Gasteiger partial charge in [-0.05, 0) is 12.5 Å². The molecule has 0 saturated carbocycles. The second-order valence-corrected chi connectivity index (χ2v) is 3.54. The number of halogens is 1. The van der Waals surface area contributed by atoms with Gasteiger partial charge in [-0.15, -0.1) is 0 Å². The minimum absolute atomic E-state index is 0.477. The summed E-state index contributed by atoms with van der Waals surface area (Å²) in [5.41, 5.74) is 6.16. The lowest BCUT2D eigenvalue weighted by Gasteiger charge is -2.06. The van der Waals surface area contributed by atoms with Gasteiger partial charge in [-0.1, -0.05) is 31.4 Å². The highest BCUT2D eigenvalue weighted by Gasteiger charge is 2.01. The Kier molecular flexibility index (Phi) is 4.53. The molecule has 0 aliphatic rings. The molecule has 0 aliphatic carbocycles. The molecule has 1 rings (SSSR count). The minimum atomic E-state index is 0.477. The van der Waals surface area contributed by atoms with Crippen molar-refractivity contribution in [1.29, 1.82) is 0 Å². The summed E-state index contributed by atoms with van der Waals surface area (Å²) in [5.74, 6) is 0.477. The molecule has 0 spiro atoms. The third-order valence-corrected chi connectivity index (χ3v) is 2.04. The standard InChI is InChI=1S/C10H15ClN2O/c1-2-3-4-5-14-10-9(12)6-8(11)7-13-10/h6-7H,2-5,12H2,1H3. The van der Waals surface area contributed by atoms with E-state index in [1.165, 1.54) is 12.6 Å². The molecule has 0 saturated heterocycles. The number of rotatable bonds is 5. The Labute approximate surface area is 89.2 Å². The van der Waals surface area contributed by atoms with E-state index in [1.807, 2.05) is 0 Å². The summed E-state index contributed by atoms with van der Waals surface area (Å²) in [5, 5.41) is 0.531. The summed E-state index contributed by atoms with van der Waals surface area (Å²) in [4.78, 5) is 4.00. The van der Waals surface area contributed by atoms with E-state index >= 15 is 0 Å². The third-order valence-electron chi connectivity index (χ3n) is 1.83. The van der Waals surface area contributed by atoms with Crippen LogP contribution in [0.4, 0.5) is 5.69 Å². The molecule has 0 atom stereocenters. The number of hydrogen-bond donors (Lipinski definition) is 1. The largest absolute Gasteiger partial charge is 0.476 e. The Morgan fingerprint density at radius 3 is 2.93 bits per heavy atom. The molecule has 0 radical (unpaired) electrons. The van der Waals surface area contributed by atoms with Crippen LogP contribution in [0.2, 0.25) is 5.02 Å². The Morgan fingerprint density at radius 1 is 1.50 bits per heavy atom. The van der Waals surface area contributed by atoms with Gasteiger partial charge in [0.15, 0.2) is 0 Å². The molecule has 0 unspecified atom stereocenters. The maximum absolute atomic E-state index is 5.70. The predicted molar refractivity (Wildman–Crippen MR) is 58.7 cm³/mol. The van der Waals surface area contributed by atoms with Crippen LogP contribution < -0.4 is 10.5 Å². The van der Waals surface area contributed by atoms with Crippen LogP contribution in [0.25, 0.3) is 0 Å². The van der Waals surface area contributed by atoms with Crippen LogP contribution in [0.1, 0.15) is 26.2 Å². The van der Waals surface area contributed by atoms with Crippen molar-refractivity contribution in [3.8, 4) is 5.88 Å². The quantitative estimate of drug-likeness (QED) is 0.767. The van der Waals surface area contributed by atoms with Gasteiger partial charge in [-0.25, -0.2) is 4.98 Å². The summed E-state index contributed by atoms with van der Waals surface area (Å²) in [6.07, 6.45) is 4.90. The van der Waals surface area contributed by atoms with Gasteiger partial charge < -0.3 is 10.5 Å². The SMILES string of the molecule is CCCCCOc1ncc(Cl)cc1N. The molecule has 0 aliphatic heterocycles. The fourth-order valence-electron chi connectivity index (χ4n) is 1.08. The van der Waals surface area contributed by atoms with E-state index in [4.69, 9.17) is 22.1 Å². The maximum Gasteiger partial charge on any atom is 0.237 e. The van der Waals surface area contributed by atoms with Gasteiger partial charge in [-0.2, -0.15) is 0 Å². The average Bonchev–Trinajstić information content (AvgIpc) is 2.15. The first kappa shape index (κ1) is 11.1. The highest BCUT2D eigenvalue weighted by molar-refractivity contribution is 6.30. The van der Waals surface area contributed by atoms with Gasteiger partial charge in [0.05, 0.1) is 17.3 Å². The average molecular weight is 215 g/mol. The lowest BCUT2D eigenvalue weighted by atomic mass is 10.3.